The number of nitrogens with one attached hydrogen (secondary N) is 2. The van der Waals surface area contributed by atoms with Crippen molar-refractivity contribution < 1.29 is 29.3 Å². The van der Waals surface area contributed by atoms with Crippen LogP contribution in [0.1, 0.15) is 42.7 Å². The number of carbonyl (C=O) groups excluding carboxylic acids is 2. The van der Waals surface area contributed by atoms with Crippen molar-refractivity contribution >= 4 is 18.0 Å². The third kappa shape index (κ3) is 5.07. The summed E-state index contributed by atoms with van der Waals surface area (Å²) >= 11 is 0. The monoisotopic (exact) mass is 466 g/mol. The van der Waals surface area contributed by atoms with Gasteiger partial charge in [-0.1, -0.05) is 55.0 Å². The van der Waals surface area contributed by atoms with Crippen LogP contribution in [0.25, 0.3) is 11.1 Å². The molecule has 0 aromatic heterocycles. The van der Waals surface area contributed by atoms with Crippen LogP contribution in [0, 0.1) is 11.8 Å². The molecule has 1 unspecified atom stereocenters. The van der Waals surface area contributed by atoms with E-state index in [9.17, 15) is 19.5 Å². The molecule has 2 amide bonds. The highest BCUT2D eigenvalue weighted by atomic mass is 16.5. The van der Waals surface area contributed by atoms with Gasteiger partial charge in [0.1, 0.15) is 12.6 Å². The largest absolute Gasteiger partial charge is 0.480 e. The fourth-order valence-electron chi connectivity index (χ4n) is 4.82. The van der Waals surface area contributed by atoms with Gasteiger partial charge in [0.05, 0.1) is 5.92 Å². The van der Waals surface area contributed by atoms with Gasteiger partial charge in [0, 0.05) is 25.5 Å². The molecule has 0 spiro atoms. The summed E-state index contributed by atoms with van der Waals surface area (Å²) in [6.45, 7) is -0.0975. The first-order valence-corrected chi connectivity index (χ1v) is 11.7. The number of carbonyl (C=O) groups is 3. The van der Waals surface area contributed by atoms with Crippen LogP contribution in [-0.2, 0) is 14.3 Å². The van der Waals surface area contributed by atoms with Crippen LogP contribution in [0.3, 0.4) is 0 Å². The number of aliphatic carboxylic acids is 1. The van der Waals surface area contributed by atoms with E-state index in [-0.39, 0.29) is 38.0 Å². The summed E-state index contributed by atoms with van der Waals surface area (Å²) < 4.78 is 5.55. The first kappa shape index (κ1) is 23.8. The summed E-state index contributed by atoms with van der Waals surface area (Å²) in [6.07, 6.45) is 2.02. The summed E-state index contributed by atoms with van der Waals surface area (Å²) in [5.41, 5.74) is 4.52. The first-order chi connectivity index (χ1) is 16.5. The predicted octanol–water partition coefficient (Wildman–Crippen LogP) is 2.89. The van der Waals surface area contributed by atoms with Gasteiger partial charge in [0.25, 0.3) is 0 Å². The molecular weight excluding hydrogens is 436 g/mol. The molecule has 0 saturated heterocycles. The maximum absolute atomic E-state index is 12.8. The van der Waals surface area contributed by atoms with Crippen molar-refractivity contribution in [3.8, 4) is 11.1 Å². The van der Waals surface area contributed by atoms with Gasteiger partial charge in [-0.05, 0) is 41.0 Å². The smallest absolute Gasteiger partial charge is 0.407 e. The second-order valence-corrected chi connectivity index (χ2v) is 8.92. The molecule has 2 atom stereocenters. The zero-order chi connectivity index (χ0) is 24.1. The van der Waals surface area contributed by atoms with Crippen LogP contribution in [-0.4, -0.2) is 54.0 Å². The van der Waals surface area contributed by atoms with Crippen LogP contribution in [0.2, 0.25) is 0 Å². The number of aliphatic hydroxyl groups is 1. The molecule has 4 rings (SSSR count). The van der Waals surface area contributed by atoms with E-state index in [4.69, 9.17) is 9.84 Å². The summed E-state index contributed by atoms with van der Waals surface area (Å²) in [6, 6.07) is 15.0. The molecule has 2 aromatic rings. The maximum Gasteiger partial charge on any atom is 0.407 e. The number of ether oxygens (including phenoxy) is 1. The van der Waals surface area contributed by atoms with E-state index in [0.29, 0.717) is 0 Å². The van der Waals surface area contributed by atoms with Crippen molar-refractivity contribution in [1.29, 1.82) is 0 Å². The lowest BCUT2D eigenvalue weighted by atomic mass is 9.75. The van der Waals surface area contributed by atoms with Gasteiger partial charge < -0.3 is 25.6 Å². The number of carboxylic acids is 1. The van der Waals surface area contributed by atoms with Crippen molar-refractivity contribution in [1.82, 2.24) is 10.6 Å². The molecule has 2 aliphatic rings. The molecule has 180 valence electrons. The van der Waals surface area contributed by atoms with E-state index in [0.717, 1.165) is 41.5 Å². The number of rotatable bonds is 10. The Kier molecular flexibility index (Phi) is 7.47. The second kappa shape index (κ2) is 10.7. The van der Waals surface area contributed by atoms with E-state index in [1.807, 2.05) is 36.4 Å². The Hall–Kier alpha value is -3.39. The Balaban J connectivity index is 1.35. The SMILES string of the molecule is O=C(NCC(C(=O)N[C@H](CCO)C(=O)O)C1CCC1)OCC1c2ccccc2-c2ccccc21. The average Bonchev–Trinajstić information content (AvgIpc) is 3.12. The Morgan fingerprint density at radius 2 is 1.62 bits per heavy atom. The van der Waals surface area contributed by atoms with Crippen LogP contribution in [0.5, 0.6) is 0 Å². The quantitative estimate of drug-likeness (QED) is 0.427. The van der Waals surface area contributed by atoms with Gasteiger partial charge >= 0.3 is 12.1 Å². The lowest BCUT2D eigenvalue weighted by Crippen LogP contribution is -2.49. The van der Waals surface area contributed by atoms with Crippen molar-refractivity contribution in [2.24, 2.45) is 11.8 Å². The minimum Gasteiger partial charge on any atom is -0.480 e. The molecule has 8 nitrogen and oxygen atoms in total. The maximum atomic E-state index is 12.8. The standard InChI is InChI=1S/C26H30N2O6/c29-13-12-23(25(31)32)28-24(30)21(16-6-5-7-16)14-27-26(33)34-15-22-19-10-3-1-8-17(19)18-9-2-4-11-20(18)22/h1-4,8-11,16,21-23,29H,5-7,12-15H2,(H,27,33)(H,28,30)(H,31,32)/t21?,23-/m1/s1. The second-order valence-electron chi connectivity index (χ2n) is 8.92. The van der Waals surface area contributed by atoms with E-state index in [2.05, 4.69) is 22.8 Å². The first-order valence-electron chi connectivity index (χ1n) is 11.7. The van der Waals surface area contributed by atoms with Crippen LogP contribution in [0.15, 0.2) is 48.5 Å². The van der Waals surface area contributed by atoms with Gasteiger partial charge in [0.2, 0.25) is 5.91 Å². The van der Waals surface area contributed by atoms with Crippen LogP contribution >= 0.6 is 0 Å². The van der Waals surface area contributed by atoms with E-state index < -0.39 is 29.9 Å². The molecule has 0 heterocycles. The number of amides is 2. The van der Waals surface area contributed by atoms with Gasteiger partial charge in [-0.3, -0.25) is 4.79 Å². The Morgan fingerprint density at radius 1 is 1.00 bits per heavy atom. The third-order valence-electron chi connectivity index (χ3n) is 6.90. The Bertz CT molecular complexity index is 1010. The molecule has 8 heteroatoms. The molecule has 0 radical (unpaired) electrons. The number of benzene rings is 2. The topological polar surface area (TPSA) is 125 Å². The van der Waals surface area contributed by atoms with Crippen molar-refractivity contribution in [3.63, 3.8) is 0 Å². The molecule has 2 aromatic carbocycles. The Morgan fingerprint density at radius 3 is 2.15 bits per heavy atom. The molecule has 1 fully saturated rings. The van der Waals surface area contributed by atoms with Gasteiger partial charge in [0.15, 0.2) is 0 Å². The highest BCUT2D eigenvalue weighted by molar-refractivity contribution is 5.85. The fourth-order valence-corrected chi connectivity index (χ4v) is 4.82. The van der Waals surface area contributed by atoms with Crippen LogP contribution < -0.4 is 10.6 Å². The van der Waals surface area contributed by atoms with E-state index in [1.165, 1.54) is 0 Å². The molecule has 2 aliphatic carbocycles. The lowest BCUT2D eigenvalue weighted by molar-refractivity contribution is -0.143. The number of fused-ring (bicyclic) bond motifs is 3. The highest BCUT2D eigenvalue weighted by Gasteiger charge is 2.35. The summed E-state index contributed by atoms with van der Waals surface area (Å²) in [5, 5.41) is 23.5. The Labute approximate surface area is 198 Å². The van der Waals surface area contributed by atoms with Crippen molar-refractivity contribution in [2.45, 2.75) is 37.6 Å². The minimum absolute atomic E-state index is 0.0568. The predicted molar refractivity (Wildman–Crippen MR) is 125 cm³/mol. The molecular formula is C26H30N2O6. The number of alkyl carbamates (subject to hydrolysis) is 1. The molecule has 0 aliphatic heterocycles. The summed E-state index contributed by atoms with van der Waals surface area (Å²) in [5.74, 6) is -2.14. The van der Waals surface area contributed by atoms with Crippen molar-refractivity contribution in [2.75, 3.05) is 19.8 Å². The van der Waals surface area contributed by atoms with Crippen LogP contribution in [0.4, 0.5) is 4.79 Å². The number of carboxylic acid groups (broad SMARTS) is 1. The average molecular weight is 467 g/mol. The molecule has 4 N–H and O–H groups in total. The normalized spacial score (nSPS) is 16.5. The lowest BCUT2D eigenvalue weighted by Gasteiger charge is -2.33. The third-order valence-corrected chi connectivity index (χ3v) is 6.90. The zero-order valence-corrected chi connectivity index (χ0v) is 18.9. The molecule has 0 bridgehead atoms. The van der Waals surface area contributed by atoms with E-state index in [1.54, 1.807) is 0 Å². The number of hydrogen-bond donors (Lipinski definition) is 4. The number of hydrogen-bond acceptors (Lipinski definition) is 5. The molecule has 34 heavy (non-hydrogen) atoms. The van der Waals surface area contributed by atoms with Crippen molar-refractivity contribution in [3.05, 3.63) is 59.7 Å². The van der Waals surface area contributed by atoms with Gasteiger partial charge in [-0.15, -0.1) is 0 Å². The van der Waals surface area contributed by atoms with Gasteiger partial charge in [-0.25, -0.2) is 9.59 Å². The van der Waals surface area contributed by atoms with Gasteiger partial charge in [-0.2, -0.15) is 0 Å². The van der Waals surface area contributed by atoms with E-state index >= 15 is 0 Å². The number of aliphatic hydroxyl groups excluding tert-OH is 1. The minimum atomic E-state index is -1.20. The molecule has 1 saturated carbocycles. The fraction of sp³-hybridized carbons (Fsp3) is 0.423. The highest BCUT2D eigenvalue weighted by Crippen LogP contribution is 2.44. The summed E-state index contributed by atoms with van der Waals surface area (Å²) in [4.78, 5) is 36.6. The summed E-state index contributed by atoms with van der Waals surface area (Å²) in [7, 11) is 0. The zero-order valence-electron chi connectivity index (χ0n) is 18.9.